The zero-order valence-electron chi connectivity index (χ0n) is 17.7. The Hall–Kier alpha value is -2.73. The second kappa shape index (κ2) is 9.18. The van der Waals surface area contributed by atoms with Gasteiger partial charge in [-0.2, -0.15) is 0 Å². The maximum absolute atomic E-state index is 13.1. The minimum atomic E-state index is -0.400. The molecule has 2 N–H and O–H groups in total. The van der Waals surface area contributed by atoms with Gasteiger partial charge in [0.25, 0.3) is 0 Å². The molecule has 0 saturated carbocycles. The van der Waals surface area contributed by atoms with Gasteiger partial charge in [0.05, 0.1) is 0 Å². The molecule has 2 aromatic carbocycles. The summed E-state index contributed by atoms with van der Waals surface area (Å²) in [6.07, 6.45) is 5.56. The van der Waals surface area contributed by atoms with Gasteiger partial charge >= 0.3 is 0 Å². The summed E-state index contributed by atoms with van der Waals surface area (Å²) in [7, 11) is 0. The average molecular weight is 423 g/mol. The highest BCUT2D eigenvalue weighted by atomic mass is 19.1. The molecule has 0 aliphatic carbocycles. The number of halogens is 1. The lowest BCUT2D eigenvalue weighted by atomic mass is 9.77. The van der Waals surface area contributed by atoms with Gasteiger partial charge in [-0.1, -0.05) is 30.3 Å². The normalized spacial score (nSPS) is 18.6. The lowest BCUT2D eigenvalue weighted by Gasteiger charge is -2.38. The van der Waals surface area contributed by atoms with E-state index in [1.54, 1.807) is 18.2 Å². The Labute approximate surface area is 183 Å². The maximum Gasteiger partial charge on any atom is 0.248 e. The van der Waals surface area contributed by atoms with Crippen LogP contribution in [0.3, 0.4) is 0 Å². The number of primary amides is 1. The summed E-state index contributed by atoms with van der Waals surface area (Å²) in [5, 5.41) is 0. The molecule has 0 bridgehead atoms. The molecule has 163 valence electrons. The summed E-state index contributed by atoms with van der Waals surface area (Å²) in [6.45, 7) is 4.22. The first-order chi connectivity index (χ1) is 14.9. The van der Waals surface area contributed by atoms with Crippen LogP contribution in [0.15, 0.2) is 48.5 Å². The molecule has 2 aliphatic rings. The molecule has 31 heavy (non-hydrogen) atoms. The van der Waals surface area contributed by atoms with Gasteiger partial charge in [-0.25, -0.2) is 4.39 Å². The van der Waals surface area contributed by atoms with Crippen molar-refractivity contribution in [2.24, 2.45) is 11.1 Å². The van der Waals surface area contributed by atoms with Crippen molar-refractivity contribution in [1.29, 1.82) is 0 Å². The third-order valence-corrected chi connectivity index (χ3v) is 6.64. The van der Waals surface area contributed by atoms with E-state index in [2.05, 4.69) is 11.3 Å². The number of rotatable bonds is 7. The summed E-state index contributed by atoms with van der Waals surface area (Å²) in [4.78, 5) is 28.5. The van der Waals surface area contributed by atoms with Crippen molar-refractivity contribution in [3.8, 4) is 0 Å². The summed E-state index contributed by atoms with van der Waals surface area (Å²) < 4.78 is 13.1. The summed E-state index contributed by atoms with van der Waals surface area (Å²) in [5.74, 6) is -0.451. The standard InChI is InChI=1S/C25H29FN3O2/c26-21-9-7-19(8-10-21)17-29-18-25(16-23(29)30)11-14-28(15-12-25)13-3-5-20-4-1-2-6-22(20)24(27)31/h1-2,4-10H,3,11-18H2,(H2,27,31). The number of nitrogens with two attached hydrogens (primary N) is 1. The Morgan fingerprint density at radius 2 is 1.81 bits per heavy atom. The van der Waals surface area contributed by atoms with Gasteiger partial charge < -0.3 is 15.5 Å². The topological polar surface area (TPSA) is 66.6 Å². The summed E-state index contributed by atoms with van der Waals surface area (Å²) in [6, 6.07) is 13.8. The Morgan fingerprint density at radius 3 is 2.52 bits per heavy atom. The van der Waals surface area contributed by atoms with Crippen molar-refractivity contribution < 1.29 is 14.0 Å². The largest absolute Gasteiger partial charge is 0.366 e. The van der Waals surface area contributed by atoms with Gasteiger partial charge in [0.15, 0.2) is 0 Å². The third-order valence-electron chi connectivity index (χ3n) is 6.64. The lowest BCUT2D eigenvalue weighted by molar-refractivity contribution is -0.128. The zero-order chi connectivity index (χ0) is 21.8. The molecule has 5 nitrogen and oxygen atoms in total. The van der Waals surface area contributed by atoms with Crippen LogP contribution >= 0.6 is 0 Å². The van der Waals surface area contributed by atoms with Crippen molar-refractivity contribution in [2.45, 2.75) is 32.2 Å². The van der Waals surface area contributed by atoms with Crippen LogP contribution < -0.4 is 5.73 Å². The van der Waals surface area contributed by atoms with E-state index in [0.717, 1.165) is 56.6 Å². The average Bonchev–Trinajstić information content (AvgIpc) is 3.06. The molecule has 1 radical (unpaired) electrons. The first kappa shape index (κ1) is 21.5. The van der Waals surface area contributed by atoms with Gasteiger partial charge in [-0.15, -0.1) is 0 Å². The fraction of sp³-hybridized carbons (Fsp3) is 0.400. The number of likely N-dealkylation sites (tertiary alicyclic amines) is 2. The summed E-state index contributed by atoms with van der Waals surface area (Å²) in [5.41, 5.74) is 7.94. The minimum absolute atomic E-state index is 0.0654. The van der Waals surface area contributed by atoms with E-state index in [4.69, 9.17) is 5.73 Å². The van der Waals surface area contributed by atoms with Gasteiger partial charge in [-0.05, 0) is 80.1 Å². The minimum Gasteiger partial charge on any atom is -0.366 e. The highest BCUT2D eigenvalue weighted by molar-refractivity contribution is 5.94. The van der Waals surface area contributed by atoms with Crippen LogP contribution in [0.2, 0.25) is 0 Å². The molecule has 1 spiro atoms. The Balaban J connectivity index is 1.25. The fourth-order valence-corrected chi connectivity index (χ4v) is 4.82. The number of hydrogen-bond acceptors (Lipinski definition) is 3. The fourth-order valence-electron chi connectivity index (χ4n) is 4.82. The van der Waals surface area contributed by atoms with Crippen LogP contribution in [-0.2, 0) is 11.3 Å². The second-order valence-corrected chi connectivity index (χ2v) is 8.84. The van der Waals surface area contributed by atoms with Crippen molar-refractivity contribution in [2.75, 3.05) is 26.2 Å². The summed E-state index contributed by atoms with van der Waals surface area (Å²) >= 11 is 0. The van der Waals surface area contributed by atoms with Gasteiger partial charge in [-0.3, -0.25) is 9.59 Å². The van der Waals surface area contributed by atoms with Crippen LogP contribution in [0.1, 0.15) is 47.2 Å². The molecule has 0 atom stereocenters. The molecule has 2 aliphatic heterocycles. The van der Waals surface area contributed by atoms with E-state index in [9.17, 15) is 14.0 Å². The molecule has 4 rings (SSSR count). The zero-order valence-corrected chi connectivity index (χ0v) is 17.7. The number of nitrogens with zero attached hydrogens (tertiary/aromatic N) is 2. The quantitative estimate of drug-likeness (QED) is 0.744. The monoisotopic (exact) mass is 422 g/mol. The highest BCUT2D eigenvalue weighted by Gasteiger charge is 2.44. The predicted octanol–water partition coefficient (Wildman–Crippen LogP) is 3.38. The first-order valence-electron chi connectivity index (χ1n) is 10.9. The van der Waals surface area contributed by atoms with Crippen molar-refractivity contribution in [3.63, 3.8) is 0 Å². The van der Waals surface area contributed by atoms with Crippen molar-refractivity contribution >= 4 is 11.8 Å². The van der Waals surface area contributed by atoms with Crippen molar-refractivity contribution in [1.82, 2.24) is 9.80 Å². The van der Waals surface area contributed by atoms with Crippen LogP contribution in [0.4, 0.5) is 4.39 Å². The Kier molecular flexibility index (Phi) is 6.37. The predicted molar refractivity (Wildman–Crippen MR) is 118 cm³/mol. The number of piperidine rings is 1. The third kappa shape index (κ3) is 5.13. The maximum atomic E-state index is 13.1. The smallest absolute Gasteiger partial charge is 0.248 e. The molecule has 6 heteroatoms. The van der Waals surface area contributed by atoms with Crippen LogP contribution in [0, 0.1) is 17.7 Å². The van der Waals surface area contributed by atoms with Crippen molar-refractivity contribution in [3.05, 3.63) is 77.5 Å². The molecule has 2 fully saturated rings. The van der Waals surface area contributed by atoms with Gasteiger partial charge in [0.2, 0.25) is 11.8 Å². The Bertz CT molecular complexity index is 936. The number of hydrogen-bond donors (Lipinski definition) is 1. The van der Waals surface area contributed by atoms with E-state index < -0.39 is 5.91 Å². The highest BCUT2D eigenvalue weighted by Crippen LogP contribution is 2.41. The van der Waals surface area contributed by atoms with Crippen LogP contribution in [0.5, 0.6) is 0 Å². The SMILES string of the molecule is NC(=O)c1ccccc1[CH]CCN1CCC2(CC1)CC(=O)N(Cc1ccc(F)cc1)C2. The number of amides is 2. The second-order valence-electron chi connectivity index (χ2n) is 8.84. The molecule has 0 aromatic heterocycles. The van der Waals surface area contributed by atoms with Crippen LogP contribution in [-0.4, -0.2) is 47.8 Å². The van der Waals surface area contributed by atoms with E-state index >= 15 is 0 Å². The number of carbonyl (C=O) groups excluding carboxylic acids is 2. The first-order valence-corrected chi connectivity index (χ1v) is 10.9. The molecule has 0 unspecified atom stereocenters. The van der Waals surface area contributed by atoms with E-state index in [1.807, 2.05) is 23.1 Å². The van der Waals surface area contributed by atoms with E-state index in [-0.39, 0.29) is 17.1 Å². The molecule has 2 aromatic rings. The van der Waals surface area contributed by atoms with Crippen LogP contribution in [0.25, 0.3) is 0 Å². The number of carbonyl (C=O) groups is 2. The van der Waals surface area contributed by atoms with Gasteiger partial charge in [0, 0.05) is 25.1 Å². The molecule has 2 amide bonds. The molecule has 2 heterocycles. The number of benzene rings is 2. The van der Waals surface area contributed by atoms with Gasteiger partial charge in [0.1, 0.15) is 5.82 Å². The molecule has 2 saturated heterocycles. The molecular formula is C25H29FN3O2. The molecular weight excluding hydrogens is 393 g/mol. The lowest BCUT2D eigenvalue weighted by Crippen LogP contribution is -2.41. The van der Waals surface area contributed by atoms with E-state index in [1.165, 1.54) is 12.1 Å². The van der Waals surface area contributed by atoms with E-state index in [0.29, 0.717) is 18.5 Å². The Morgan fingerprint density at radius 1 is 1.10 bits per heavy atom.